The summed E-state index contributed by atoms with van der Waals surface area (Å²) in [7, 11) is 1.08. The Balaban J connectivity index is 0.000000386. The molecule has 0 spiro atoms. The summed E-state index contributed by atoms with van der Waals surface area (Å²) in [5.74, 6) is 0.328. The Morgan fingerprint density at radius 1 is 0.812 bits per heavy atom. The smallest absolute Gasteiger partial charge is 0.123 e. The van der Waals surface area contributed by atoms with Crippen LogP contribution >= 0.6 is 0 Å². The van der Waals surface area contributed by atoms with Crippen molar-refractivity contribution in [2.45, 2.75) is 13.1 Å². The van der Waals surface area contributed by atoms with Crippen molar-refractivity contribution in [1.29, 1.82) is 0 Å². The van der Waals surface area contributed by atoms with Crippen molar-refractivity contribution in [2.24, 2.45) is 0 Å². The fourth-order valence-corrected chi connectivity index (χ4v) is 1.34. The van der Waals surface area contributed by atoms with Crippen LogP contribution in [0, 0.1) is 0 Å². The molecule has 0 aliphatic rings. The molecule has 16 heavy (non-hydrogen) atoms. The number of para-hydroxylation sites is 1. The summed E-state index contributed by atoms with van der Waals surface area (Å²) < 4.78 is 0. The zero-order chi connectivity index (χ0) is 11.8. The van der Waals surface area contributed by atoms with Gasteiger partial charge in [-0.25, -0.2) is 0 Å². The standard InChI is InChI=1S/C12H10O.C2H6Si/c13-12-9-5-4-8-11(12)10-6-2-1-3-7-10;1-3-2/h1-9,13H;1-2H3. The summed E-state index contributed by atoms with van der Waals surface area (Å²) in [4.78, 5) is 0. The van der Waals surface area contributed by atoms with Gasteiger partial charge in [0.25, 0.3) is 0 Å². The van der Waals surface area contributed by atoms with Gasteiger partial charge in [0.15, 0.2) is 0 Å². The van der Waals surface area contributed by atoms with Crippen molar-refractivity contribution >= 4 is 9.52 Å². The van der Waals surface area contributed by atoms with Crippen molar-refractivity contribution in [3.63, 3.8) is 0 Å². The lowest BCUT2D eigenvalue weighted by Gasteiger charge is -2.02. The quantitative estimate of drug-likeness (QED) is 0.735. The van der Waals surface area contributed by atoms with Crippen LogP contribution < -0.4 is 0 Å². The lowest BCUT2D eigenvalue weighted by Crippen LogP contribution is -1.76. The molecule has 2 aromatic carbocycles. The highest BCUT2D eigenvalue weighted by Crippen LogP contribution is 2.27. The number of benzene rings is 2. The zero-order valence-electron chi connectivity index (χ0n) is 9.64. The number of phenols is 1. The van der Waals surface area contributed by atoms with Crippen molar-refractivity contribution in [3.8, 4) is 16.9 Å². The largest absolute Gasteiger partial charge is 0.507 e. The predicted octanol–water partition coefficient (Wildman–Crippen LogP) is 3.85. The van der Waals surface area contributed by atoms with Crippen LogP contribution in [0.15, 0.2) is 54.6 Å². The van der Waals surface area contributed by atoms with Gasteiger partial charge in [-0.15, -0.1) is 0 Å². The summed E-state index contributed by atoms with van der Waals surface area (Å²) in [5, 5.41) is 9.56. The average molecular weight is 228 g/mol. The van der Waals surface area contributed by atoms with E-state index in [2.05, 4.69) is 13.1 Å². The van der Waals surface area contributed by atoms with E-state index < -0.39 is 0 Å². The molecule has 0 amide bonds. The third-order valence-electron chi connectivity index (χ3n) is 1.99. The van der Waals surface area contributed by atoms with E-state index in [0.29, 0.717) is 5.75 Å². The topological polar surface area (TPSA) is 20.2 Å². The first kappa shape index (κ1) is 12.5. The van der Waals surface area contributed by atoms with Crippen molar-refractivity contribution in [2.75, 3.05) is 0 Å². The maximum Gasteiger partial charge on any atom is 0.123 e. The lowest BCUT2D eigenvalue weighted by atomic mass is 10.1. The molecule has 0 saturated heterocycles. The van der Waals surface area contributed by atoms with Crippen LogP contribution in [0.25, 0.3) is 11.1 Å². The monoisotopic (exact) mass is 228 g/mol. The van der Waals surface area contributed by atoms with Crippen LogP contribution in [0.5, 0.6) is 5.75 Å². The molecule has 1 N–H and O–H groups in total. The first-order valence-electron chi connectivity index (χ1n) is 5.21. The Hall–Kier alpha value is -1.54. The molecule has 0 aromatic heterocycles. The second-order valence-electron chi connectivity index (χ2n) is 3.38. The number of aromatic hydroxyl groups is 1. The Morgan fingerprint density at radius 2 is 1.31 bits per heavy atom. The summed E-state index contributed by atoms with van der Waals surface area (Å²) in [5.41, 5.74) is 1.92. The highest BCUT2D eigenvalue weighted by molar-refractivity contribution is 6.31. The maximum absolute atomic E-state index is 9.56. The summed E-state index contributed by atoms with van der Waals surface area (Å²) >= 11 is 0. The Bertz CT molecular complexity index is 412. The number of hydrogen-bond donors (Lipinski definition) is 1. The van der Waals surface area contributed by atoms with E-state index in [-0.39, 0.29) is 0 Å². The van der Waals surface area contributed by atoms with E-state index in [4.69, 9.17) is 0 Å². The second-order valence-corrected chi connectivity index (χ2v) is 4.38. The molecule has 0 fully saturated rings. The van der Waals surface area contributed by atoms with E-state index >= 15 is 0 Å². The molecule has 0 atom stereocenters. The van der Waals surface area contributed by atoms with Gasteiger partial charge in [-0.3, -0.25) is 0 Å². The van der Waals surface area contributed by atoms with Crippen LogP contribution in [0.4, 0.5) is 0 Å². The van der Waals surface area contributed by atoms with E-state index in [1.165, 1.54) is 0 Å². The molecule has 2 heteroatoms. The predicted molar refractivity (Wildman–Crippen MR) is 71.0 cm³/mol. The highest BCUT2D eigenvalue weighted by Gasteiger charge is 2.00. The van der Waals surface area contributed by atoms with Gasteiger partial charge >= 0.3 is 0 Å². The molecule has 1 nitrogen and oxygen atoms in total. The van der Waals surface area contributed by atoms with Crippen molar-refractivity contribution in [3.05, 3.63) is 54.6 Å². The van der Waals surface area contributed by atoms with Gasteiger partial charge in [-0.1, -0.05) is 61.6 Å². The maximum atomic E-state index is 9.56. The van der Waals surface area contributed by atoms with E-state index in [1.54, 1.807) is 6.07 Å². The zero-order valence-corrected chi connectivity index (χ0v) is 10.6. The molecule has 2 aromatic rings. The first-order chi connectivity index (χ1) is 7.79. The van der Waals surface area contributed by atoms with Gasteiger partial charge in [-0.2, -0.15) is 0 Å². The minimum absolute atomic E-state index is 0.328. The molecular weight excluding hydrogens is 212 g/mol. The Labute approximate surface area is 99.6 Å². The number of hydrogen-bond acceptors (Lipinski definition) is 1. The molecular formula is C14H16OSi. The van der Waals surface area contributed by atoms with Gasteiger partial charge in [0.2, 0.25) is 0 Å². The van der Waals surface area contributed by atoms with E-state index in [9.17, 15) is 5.11 Å². The molecule has 0 aliphatic carbocycles. The van der Waals surface area contributed by atoms with Crippen LogP contribution in [-0.2, 0) is 0 Å². The minimum Gasteiger partial charge on any atom is -0.507 e. The SMILES string of the molecule is C[Si]C.Oc1ccccc1-c1ccccc1. The number of phenolic OH excluding ortho intramolecular Hbond substituents is 1. The van der Waals surface area contributed by atoms with E-state index in [0.717, 1.165) is 20.6 Å². The molecule has 0 unspecified atom stereocenters. The molecule has 2 radical (unpaired) electrons. The summed E-state index contributed by atoms with van der Waals surface area (Å²) in [6, 6.07) is 17.2. The molecule has 0 aliphatic heterocycles. The van der Waals surface area contributed by atoms with Crippen molar-refractivity contribution in [1.82, 2.24) is 0 Å². The van der Waals surface area contributed by atoms with Gasteiger partial charge in [-0.05, 0) is 11.6 Å². The average Bonchev–Trinajstić information content (AvgIpc) is 2.32. The molecule has 82 valence electrons. The van der Waals surface area contributed by atoms with Crippen LogP contribution in [0.1, 0.15) is 0 Å². The minimum atomic E-state index is 0.328. The molecule has 0 saturated carbocycles. The lowest BCUT2D eigenvalue weighted by molar-refractivity contribution is 0.477. The highest BCUT2D eigenvalue weighted by atomic mass is 28.2. The van der Waals surface area contributed by atoms with E-state index in [1.807, 2.05) is 48.5 Å². The third kappa shape index (κ3) is 3.55. The molecule has 0 bridgehead atoms. The third-order valence-corrected chi connectivity index (χ3v) is 1.99. The van der Waals surface area contributed by atoms with Crippen LogP contribution in [-0.4, -0.2) is 14.6 Å². The van der Waals surface area contributed by atoms with Crippen LogP contribution in [0.2, 0.25) is 13.1 Å². The molecule has 0 heterocycles. The van der Waals surface area contributed by atoms with Gasteiger partial charge < -0.3 is 5.11 Å². The number of rotatable bonds is 1. The van der Waals surface area contributed by atoms with Gasteiger partial charge in [0, 0.05) is 15.1 Å². The fourth-order valence-electron chi connectivity index (χ4n) is 1.34. The summed E-state index contributed by atoms with van der Waals surface area (Å²) in [6.45, 7) is 4.31. The Kier molecular flexibility index (Phi) is 5.36. The van der Waals surface area contributed by atoms with Crippen molar-refractivity contribution < 1.29 is 5.11 Å². The molecule has 2 rings (SSSR count). The van der Waals surface area contributed by atoms with Gasteiger partial charge in [0.05, 0.1) is 0 Å². The normalized spacial score (nSPS) is 9.12. The second kappa shape index (κ2) is 6.85. The fraction of sp³-hybridized carbons (Fsp3) is 0.143. The van der Waals surface area contributed by atoms with Crippen LogP contribution in [0.3, 0.4) is 0 Å². The first-order valence-corrected chi connectivity index (χ1v) is 7.21. The van der Waals surface area contributed by atoms with Gasteiger partial charge in [0.1, 0.15) is 5.75 Å². The summed E-state index contributed by atoms with van der Waals surface area (Å²) in [6.07, 6.45) is 0. The Morgan fingerprint density at radius 3 is 1.88 bits per heavy atom.